The van der Waals surface area contributed by atoms with Crippen molar-refractivity contribution in [3.05, 3.63) is 29.8 Å². The molecule has 0 radical (unpaired) electrons. The van der Waals surface area contributed by atoms with Crippen LogP contribution in [0.2, 0.25) is 0 Å². The van der Waals surface area contributed by atoms with Crippen LogP contribution < -0.4 is 4.74 Å². The van der Waals surface area contributed by atoms with E-state index >= 15 is 0 Å². The first-order valence-corrected chi connectivity index (χ1v) is 9.36. The molecule has 1 aliphatic rings. The lowest BCUT2D eigenvalue weighted by Crippen LogP contribution is -2.60. The highest BCUT2D eigenvalue weighted by atomic mass is 16.7. The first-order chi connectivity index (χ1) is 15.0. The van der Waals surface area contributed by atoms with Gasteiger partial charge in [-0.05, 0) is 17.7 Å². The van der Waals surface area contributed by atoms with Crippen LogP contribution in [0.1, 0.15) is 18.4 Å². The maximum Gasteiger partial charge on any atom is 0.336 e. The summed E-state index contributed by atoms with van der Waals surface area (Å²) < 4.78 is 15.5. The van der Waals surface area contributed by atoms with Crippen molar-refractivity contribution in [3.8, 4) is 5.75 Å². The third kappa shape index (κ3) is 6.35. The quantitative estimate of drug-likeness (QED) is 0.181. The van der Waals surface area contributed by atoms with Gasteiger partial charge in [-0.3, -0.25) is 9.59 Å². The standard InChI is InChI=1S/C19H24O13/c20-7-11-14(24)15(25)16(26)17(32-11)31-10-3-1-9(2-4-10)8-30-13(23)6-19(29,18(27)28)5-12(21)22/h1-4,11,14-17,20,24-26,29H,5-8H2,(H,21,22)(H,27,28)/t11-,14-,15+,16-,17+,19-/m0/s1. The largest absolute Gasteiger partial charge is 0.481 e. The van der Waals surface area contributed by atoms with E-state index < -0.39 is 73.7 Å². The molecule has 0 unspecified atom stereocenters. The van der Waals surface area contributed by atoms with Gasteiger partial charge in [0.25, 0.3) is 0 Å². The smallest absolute Gasteiger partial charge is 0.336 e. The summed E-state index contributed by atoms with van der Waals surface area (Å²) in [5, 5.41) is 66.2. The molecule has 1 fully saturated rings. The second-order valence-electron chi connectivity index (χ2n) is 7.20. The zero-order valence-corrected chi connectivity index (χ0v) is 16.6. The van der Waals surface area contributed by atoms with Gasteiger partial charge in [-0.2, -0.15) is 0 Å². The summed E-state index contributed by atoms with van der Waals surface area (Å²) in [5.74, 6) is -4.42. The molecular weight excluding hydrogens is 436 g/mol. The molecule has 1 saturated heterocycles. The van der Waals surface area contributed by atoms with Crippen LogP contribution in [0.15, 0.2) is 24.3 Å². The molecular formula is C19H24O13. The highest BCUT2D eigenvalue weighted by Gasteiger charge is 2.45. The average Bonchev–Trinajstić information content (AvgIpc) is 2.72. The zero-order chi connectivity index (χ0) is 24.1. The van der Waals surface area contributed by atoms with Crippen molar-refractivity contribution < 1.29 is 64.3 Å². The lowest BCUT2D eigenvalue weighted by molar-refractivity contribution is -0.277. The van der Waals surface area contributed by atoms with Gasteiger partial charge in [-0.15, -0.1) is 0 Å². The Labute approximate surface area is 181 Å². The van der Waals surface area contributed by atoms with Gasteiger partial charge < -0.3 is 50.0 Å². The van der Waals surface area contributed by atoms with Crippen molar-refractivity contribution in [2.24, 2.45) is 0 Å². The fourth-order valence-corrected chi connectivity index (χ4v) is 2.88. The molecule has 2 rings (SSSR count). The van der Waals surface area contributed by atoms with E-state index in [-0.39, 0.29) is 12.4 Å². The third-order valence-electron chi connectivity index (χ3n) is 4.70. The fourth-order valence-electron chi connectivity index (χ4n) is 2.88. The molecule has 0 spiro atoms. The molecule has 0 saturated carbocycles. The molecule has 6 atom stereocenters. The Hall–Kier alpha value is -2.81. The van der Waals surface area contributed by atoms with Crippen molar-refractivity contribution in [3.63, 3.8) is 0 Å². The Bertz CT molecular complexity index is 808. The summed E-state index contributed by atoms with van der Waals surface area (Å²) in [7, 11) is 0. The van der Waals surface area contributed by atoms with E-state index in [1.165, 1.54) is 24.3 Å². The van der Waals surface area contributed by atoms with E-state index in [0.717, 1.165) is 0 Å². The van der Waals surface area contributed by atoms with Gasteiger partial charge in [0.1, 0.15) is 36.8 Å². The van der Waals surface area contributed by atoms with Crippen LogP contribution in [0.3, 0.4) is 0 Å². The van der Waals surface area contributed by atoms with Crippen LogP contribution in [0.5, 0.6) is 5.75 Å². The molecule has 0 aliphatic carbocycles. The number of carboxylic acids is 2. The highest BCUT2D eigenvalue weighted by molar-refractivity contribution is 5.88. The van der Waals surface area contributed by atoms with Gasteiger partial charge in [0.05, 0.1) is 19.4 Å². The number of esters is 1. The molecule has 1 heterocycles. The second kappa shape index (κ2) is 10.7. The van der Waals surface area contributed by atoms with Gasteiger partial charge in [-0.1, -0.05) is 12.1 Å². The van der Waals surface area contributed by atoms with Gasteiger partial charge in [0.15, 0.2) is 5.60 Å². The molecule has 178 valence electrons. The summed E-state index contributed by atoms with van der Waals surface area (Å²) in [6, 6.07) is 5.71. The van der Waals surface area contributed by atoms with Crippen LogP contribution in [0, 0.1) is 0 Å². The van der Waals surface area contributed by atoms with Crippen LogP contribution in [0.25, 0.3) is 0 Å². The van der Waals surface area contributed by atoms with Crippen LogP contribution in [-0.4, -0.2) is 96.6 Å². The average molecular weight is 460 g/mol. The lowest BCUT2D eigenvalue weighted by atomic mass is 9.96. The number of carbonyl (C=O) groups is 3. The Balaban J connectivity index is 1.92. The molecule has 0 aromatic heterocycles. The minimum absolute atomic E-state index is 0.172. The summed E-state index contributed by atoms with van der Waals surface area (Å²) in [6.45, 7) is -0.930. The topological polar surface area (TPSA) is 221 Å². The molecule has 13 nitrogen and oxygen atoms in total. The monoisotopic (exact) mass is 460 g/mol. The first-order valence-electron chi connectivity index (χ1n) is 9.36. The van der Waals surface area contributed by atoms with E-state index in [4.69, 9.17) is 24.4 Å². The van der Waals surface area contributed by atoms with E-state index in [9.17, 15) is 39.9 Å². The van der Waals surface area contributed by atoms with Crippen LogP contribution in [0.4, 0.5) is 0 Å². The predicted octanol–water partition coefficient (Wildman–Crippen LogP) is -2.41. The summed E-state index contributed by atoms with van der Waals surface area (Å²) in [4.78, 5) is 33.6. The Kier molecular flexibility index (Phi) is 8.49. The highest BCUT2D eigenvalue weighted by Crippen LogP contribution is 2.25. The normalized spacial score (nSPS) is 27.2. The predicted molar refractivity (Wildman–Crippen MR) is 100 cm³/mol. The minimum Gasteiger partial charge on any atom is -0.481 e. The number of aliphatic hydroxyl groups excluding tert-OH is 4. The van der Waals surface area contributed by atoms with E-state index in [1.807, 2.05) is 0 Å². The van der Waals surface area contributed by atoms with Gasteiger partial charge in [0.2, 0.25) is 6.29 Å². The maximum absolute atomic E-state index is 11.8. The van der Waals surface area contributed by atoms with Crippen molar-refractivity contribution in [2.45, 2.75) is 55.8 Å². The van der Waals surface area contributed by atoms with Gasteiger partial charge in [0, 0.05) is 0 Å². The molecule has 0 amide bonds. The molecule has 1 aliphatic heterocycles. The number of hydrogen-bond acceptors (Lipinski definition) is 11. The number of hydrogen-bond donors (Lipinski definition) is 7. The second-order valence-corrected chi connectivity index (χ2v) is 7.20. The molecule has 13 heteroatoms. The first kappa shape index (κ1) is 25.5. The fraction of sp³-hybridized carbons (Fsp3) is 0.526. The zero-order valence-electron chi connectivity index (χ0n) is 16.6. The van der Waals surface area contributed by atoms with Crippen molar-refractivity contribution >= 4 is 17.9 Å². The molecule has 1 aromatic carbocycles. The number of carbonyl (C=O) groups excluding carboxylic acids is 1. The third-order valence-corrected chi connectivity index (χ3v) is 4.70. The Morgan fingerprint density at radius 2 is 1.59 bits per heavy atom. The SMILES string of the molecule is O=C(O)C[C@](O)(CC(=O)OCc1ccc(O[C@@H]2O[C@@H](CO)[C@H](O)[C@@H](O)[C@@H]2O)cc1)C(=O)O. The summed E-state index contributed by atoms with van der Waals surface area (Å²) >= 11 is 0. The van der Waals surface area contributed by atoms with Crippen LogP contribution >= 0.6 is 0 Å². The van der Waals surface area contributed by atoms with Crippen molar-refractivity contribution in [1.29, 1.82) is 0 Å². The Morgan fingerprint density at radius 1 is 0.969 bits per heavy atom. The lowest BCUT2D eigenvalue weighted by Gasteiger charge is -2.39. The Morgan fingerprint density at radius 3 is 2.12 bits per heavy atom. The van der Waals surface area contributed by atoms with Gasteiger partial charge in [-0.25, -0.2) is 4.79 Å². The van der Waals surface area contributed by atoms with E-state index in [1.54, 1.807) is 0 Å². The number of benzene rings is 1. The number of carboxylic acid groups (broad SMARTS) is 2. The molecule has 0 bridgehead atoms. The number of rotatable bonds is 10. The van der Waals surface area contributed by atoms with Crippen molar-refractivity contribution in [1.82, 2.24) is 0 Å². The molecule has 32 heavy (non-hydrogen) atoms. The van der Waals surface area contributed by atoms with Crippen molar-refractivity contribution in [2.75, 3.05) is 6.61 Å². The minimum atomic E-state index is -2.80. The summed E-state index contributed by atoms with van der Waals surface area (Å²) in [5.41, 5.74) is -2.37. The molecule has 1 aromatic rings. The number of aliphatic hydroxyl groups is 5. The number of ether oxygens (including phenoxy) is 3. The van der Waals surface area contributed by atoms with E-state index in [0.29, 0.717) is 5.56 Å². The van der Waals surface area contributed by atoms with E-state index in [2.05, 4.69) is 0 Å². The van der Waals surface area contributed by atoms with Gasteiger partial charge >= 0.3 is 17.9 Å². The maximum atomic E-state index is 11.8. The molecule has 7 N–H and O–H groups in total. The number of aliphatic carboxylic acids is 2. The van der Waals surface area contributed by atoms with Crippen LogP contribution in [-0.2, 0) is 30.5 Å². The summed E-state index contributed by atoms with van der Waals surface area (Å²) in [6.07, 6.45) is -9.47.